The van der Waals surface area contributed by atoms with Crippen molar-refractivity contribution in [3.8, 4) is 5.75 Å². The maximum Gasteiger partial charge on any atom is 0.183 e. The zero-order valence-corrected chi connectivity index (χ0v) is 9.76. The number of rotatable bonds is 5. The Morgan fingerprint density at radius 3 is 2.79 bits per heavy atom. The largest absolute Gasteiger partial charge is 0.493 e. The van der Waals surface area contributed by atoms with Gasteiger partial charge in [-0.25, -0.2) is 4.39 Å². The average Bonchev–Trinajstić information content (AvgIpc) is 2.19. The Morgan fingerprint density at radius 1 is 1.43 bits per heavy atom. The van der Waals surface area contributed by atoms with Crippen molar-refractivity contribution in [3.63, 3.8) is 0 Å². The van der Waals surface area contributed by atoms with Crippen LogP contribution in [-0.2, 0) is 0 Å². The van der Waals surface area contributed by atoms with Gasteiger partial charge in [0, 0.05) is 5.56 Å². The van der Waals surface area contributed by atoms with E-state index in [1.807, 2.05) is 6.07 Å². The molecule has 1 atom stereocenters. The molecule has 0 N–H and O–H groups in total. The molecule has 1 unspecified atom stereocenters. The standard InChI is InChI=1S/C11H14BrFO/c1-2-3-8-14-10-7-5-4-6-9(10)11(12)13/h4-7,11H,2-3,8H2,1H3. The highest BCUT2D eigenvalue weighted by atomic mass is 79.9. The highest BCUT2D eigenvalue weighted by Gasteiger charge is 2.10. The Balaban J connectivity index is 2.64. The number of halogens is 2. The second kappa shape index (κ2) is 6.02. The maximum absolute atomic E-state index is 13.0. The zero-order valence-electron chi connectivity index (χ0n) is 8.17. The summed E-state index contributed by atoms with van der Waals surface area (Å²) in [6, 6.07) is 7.16. The normalized spacial score (nSPS) is 12.5. The topological polar surface area (TPSA) is 9.23 Å². The molecule has 78 valence electrons. The molecule has 1 aromatic rings. The molecule has 0 saturated heterocycles. The summed E-state index contributed by atoms with van der Waals surface area (Å²) in [6.07, 6.45) is 2.07. The van der Waals surface area contributed by atoms with E-state index in [0.29, 0.717) is 17.9 Å². The van der Waals surface area contributed by atoms with Crippen LogP contribution in [0.5, 0.6) is 5.75 Å². The van der Waals surface area contributed by atoms with E-state index in [-0.39, 0.29) is 0 Å². The van der Waals surface area contributed by atoms with Crippen molar-refractivity contribution in [2.75, 3.05) is 6.61 Å². The van der Waals surface area contributed by atoms with Gasteiger partial charge in [-0.15, -0.1) is 0 Å². The summed E-state index contributed by atoms with van der Waals surface area (Å²) in [7, 11) is 0. The minimum absolute atomic E-state index is 0.559. The van der Waals surface area contributed by atoms with E-state index in [1.54, 1.807) is 18.2 Å². The fraction of sp³-hybridized carbons (Fsp3) is 0.455. The lowest BCUT2D eigenvalue weighted by molar-refractivity contribution is 0.301. The van der Waals surface area contributed by atoms with Crippen molar-refractivity contribution in [1.29, 1.82) is 0 Å². The minimum Gasteiger partial charge on any atom is -0.493 e. The smallest absolute Gasteiger partial charge is 0.183 e. The molecule has 1 rings (SSSR count). The van der Waals surface area contributed by atoms with Gasteiger partial charge in [0.2, 0.25) is 0 Å². The number of alkyl halides is 2. The molecule has 1 aromatic carbocycles. The first-order valence-corrected chi connectivity index (χ1v) is 5.67. The molecule has 3 heteroatoms. The van der Waals surface area contributed by atoms with Crippen LogP contribution >= 0.6 is 15.9 Å². The van der Waals surface area contributed by atoms with Crippen molar-refractivity contribution in [3.05, 3.63) is 29.8 Å². The van der Waals surface area contributed by atoms with Crippen molar-refractivity contribution in [2.45, 2.75) is 24.8 Å². The van der Waals surface area contributed by atoms with Crippen LogP contribution in [0.4, 0.5) is 4.39 Å². The fourth-order valence-corrected chi connectivity index (χ4v) is 1.50. The molecular formula is C11H14BrFO. The van der Waals surface area contributed by atoms with Crippen LogP contribution in [0.2, 0.25) is 0 Å². The van der Waals surface area contributed by atoms with E-state index in [2.05, 4.69) is 22.9 Å². The van der Waals surface area contributed by atoms with Crippen LogP contribution in [0.1, 0.15) is 30.4 Å². The van der Waals surface area contributed by atoms with Crippen molar-refractivity contribution < 1.29 is 9.13 Å². The summed E-state index contributed by atoms with van der Waals surface area (Å²) in [5.74, 6) is 0.630. The molecule has 0 radical (unpaired) electrons. The monoisotopic (exact) mass is 260 g/mol. The molecule has 0 aliphatic heterocycles. The van der Waals surface area contributed by atoms with Gasteiger partial charge in [0.25, 0.3) is 0 Å². The summed E-state index contributed by atoms with van der Waals surface area (Å²) in [5, 5.41) is -1.15. The first-order valence-electron chi connectivity index (χ1n) is 4.75. The van der Waals surface area contributed by atoms with E-state index < -0.39 is 5.08 Å². The van der Waals surface area contributed by atoms with Crippen LogP contribution in [0.3, 0.4) is 0 Å². The van der Waals surface area contributed by atoms with Gasteiger partial charge in [-0.2, -0.15) is 0 Å². The third-order valence-corrected chi connectivity index (χ3v) is 2.40. The quantitative estimate of drug-likeness (QED) is 0.569. The molecule has 0 heterocycles. The first-order chi connectivity index (χ1) is 6.75. The molecule has 0 amide bonds. The predicted octanol–water partition coefficient (Wildman–Crippen LogP) is 4.23. The van der Waals surface area contributed by atoms with Crippen molar-refractivity contribution >= 4 is 15.9 Å². The Bertz CT molecular complexity index is 276. The lowest BCUT2D eigenvalue weighted by Gasteiger charge is -2.10. The summed E-state index contributed by atoms with van der Waals surface area (Å²) in [4.78, 5) is 0. The van der Waals surface area contributed by atoms with Gasteiger partial charge >= 0.3 is 0 Å². The highest BCUT2D eigenvalue weighted by molar-refractivity contribution is 9.09. The second-order valence-electron chi connectivity index (χ2n) is 3.04. The van der Waals surface area contributed by atoms with E-state index >= 15 is 0 Å². The van der Waals surface area contributed by atoms with E-state index in [4.69, 9.17) is 4.74 Å². The number of hydrogen-bond acceptors (Lipinski definition) is 1. The molecule has 0 aliphatic rings. The van der Waals surface area contributed by atoms with Gasteiger partial charge in [-0.05, 0) is 28.4 Å². The van der Waals surface area contributed by atoms with Gasteiger partial charge in [-0.1, -0.05) is 31.5 Å². The number of unbranched alkanes of at least 4 members (excludes halogenated alkanes) is 1. The van der Waals surface area contributed by atoms with Gasteiger partial charge in [0.1, 0.15) is 5.75 Å². The van der Waals surface area contributed by atoms with E-state index in [0.717, 1.165) is 12.8 Å². The molecule has 0 aliphatic carbocycles. The van der Waals surface area contributed by atoms with E-state index in [9.17, 15) is 4.39 Å². The van der Waals surface area contributed by atoms with Crippen molar-refractivity contribution in [1.82, 2.24) is 0 Å². The Labute approximate surface area is 92.4 Å². The summed E-state index contributed by atoms with van der Waals surface area (Å²) in [6.45, 7) is 2.74. The third kappa shape index (κ3) is 3.29. The molecule has 0 saturated carbocycles. The molecular weight excluding hydrogens is 247 g/mol. The molecule has 0 fully saturated rings. The average molecular weight is 261 g/mol. The number of para-hydroxylation sites is 1. The lowest BCUT2D eigenvalue weighted by Crippen LogP contribution is -1.99. The Morgan fingerprint density at radius 2 is 2.14 bits per heavy atom. The summed E-state index contributed by atoms with van der Waals surface area (Å²) >= 11 is 2.90. The van der Waals surface area contributed by atoms with Crippen LogP contribution in [-0.4, -0.2) is 6.61 Å². The molecule has 0 spiro atoms. The highest BCUT2D eigenvalue weighted by Crippen LogP contribution is 2.31. The third-order valence-electron chi connectivity index (χ3n) is 1.91. The Hall–Kier alpha value is -0.570. The summed E-state index contributed by atoms with van der Waals surface area (Å²) in [5.41, 5.74) is 0.559. The SMILES string of the molecule is CCCCOc1ccccc1C(F)Br. The number of hydrogen-bond donors (Lipinski definition) is 0. The van der Waals surface area contributed by atoms with Gasteiger partial charge in [-0.3, -0.25) is 0 Å². The zero-order chi connectivity index (χ0) is 10.4. The van der Waals surface area contributed by atoms with Crippen molar-refractivity contribution in [2.24, 2.45) is 0 Å². The van der Waals surface area contributed by atoms with Crippen LogP contribution in [0.25, 0.3) is 0 Å². The molecule has 1 nitrogen and oxygen atoms in total. The fourth-order valence-electron chi connectivity index (χ4n) is 1.12. The number of ether oxygens (including phenoxy) is 1. The van der Waals surface area contributed by atoms with Gasteiger partial charge < -0.3 is 4.74 Å². The van der Waals surface area contributed by atoms with Crippen LogP contribution in [0, 0.1) is 0 Å². The Kier molecular flexibility index (Phi) is 4.94. The minimum atomic E-state index is -1.15. The maximum atomic E-state index is 13.0. The summed E-state index contributed by atoms with van der Waals surface area (Å²) < 4.78 is 18.5. The van der Waals surface area contributed by atoms with Crippen LogP contribution < -0.4 is 4.74 Å². The van der Waals surface area contributed by atoms with Gasteiger partial charge in [0.05, 0.1) is 6.61 Å². The lowest BCUT2D eigenvalue weighted by atomic mass is 10.2. The second-order valence-corrected chi connectivity index (χ2v) is 3.84. The van der Waals surface area contributed by atoms with Crippen LogP contribution in [0.15, 0.2) is 24.3 Å². The predicted molar refractivity (Wildman–Crippen MR) is 59.6 cm³/mol. The van der Waals surface area contributed by atoms with E-state index in [1.165, 1.54) is 0 Å². The number of benzene rings is 1. The molecule has 14 heavy (non-hydrogen) atoms. The molecule has 0 aromatic heterocycles. The first kappa shape index (κ1) is 11.5. The van der Waals surface area contributed by atoms with Gasteiger partial charge in [0.15, 0.2) is 5.08 Å². The molecule has 0 bridgehead atoms.